The second-order valence-corrected chi connectivity index (χ2v) is 6.61. The predicted molar refractivity (Wildman–Crippen MR) is 81.8 cm³/mol. The Balaban J connectivity index is 2.83. The van der Waals surface area contributed by atoms with E-state index >= 15 is 0 Å². The number of carbonyl (C=O) groups is 2. The molecule has 0 fully saturated rings. The van der Waals surface area contributed by atoms with Crippen molar-refractivity contribution in [3.8, 4) is 0 Å². The molecule has 0 saturated heterocycles. The highest BCUT2D eigenvalue weighted by Gasteiger charge is 2.20. The summed E-state index contributed by atoms with van der Waals surface area (Å²) in [6.45, 7) is 6.90. The van der Waals surface area contributed by atoms with Gasteiger partial charge in [-0.2, -0.15) is 0 Å². The summed E-state index contributed by atoms with van der Waals surface area (Å²) in [6, 6.07) is 1.85. The van der Waals surface area contributed by atoms with E-state index in [1.54, 1.807) is 6.92 Å². The van der Waals surface area contributed by atoms with Crippen LogP contribution in [-0.4, -0.2) is 23.7 Å². The van der Waals surface area contributed by atoms with Gasteiger partial charge < -0.3 is 10.1 Å². The third kappa shape index (κ3) is 5.63. The number of amides is 1. The lowest BCUT2D eigenvalue weighted by Crippen LogP contribution is -2.19. The van der Waals surface area contributed by atoms with Gasteiger partial charge in [-0.25, -0.2) is 8.78 Å². The fraction of sp³-hybridized carbons (Fsp3) is 0.467. The summed E-state index contributed by atoms with van der Waals surface area (Å²) in [6.07, 6.45) is 0. The highest BCUT2D eigenvalue weighted by molar-refractivity contribution is 8.00. The number of benzene rings is 1. The van der Waals surface area contributed by atoms with Crippen LogP contribution in [0.1, 0.15) is 27.7 Å². The second-order valence-electron chi connectivity index (χ2n) is 5.23. The molecule has 0 spiro atoms. The van der Waals surface area contributed by atoms with Crippen molar-refractivity contribution in [2.45, 2.75) is 37.8 Å². The average molecular weight is 331 g/mol. The first-order valence-electron chi connectivity index (χ1n) is 6.80. The molecule has 0 aliphatic carbocycles. The Kier molecular flexibility index (Phi) is 6.80. The van der Waals surface area contributed by atoms with Crippen LogP contribution in [0.15, 0.2) is 17.0 Å². The molecule has 0 saturated carbocycles. The molecular weight excluding hydrogens is 312 g/mol. The Hall–Kier alpha value is -1.63. The van der Waals surface area contributed by atoms with Gasteiger partial charge in [0.25, 0.3) is 0 Å². The molecule has 122 valence electrons. The van der Waals surface area contributed by atoms with Crippen LogP contribution in [0.25, 0.3) is 0 Å². The van der Waals surface area contributed by atoms with E-state index in [0.29, 0.717) is 6.07 Å². The maximum absolute atomic E-state index is 13.8. The Morgan fingerprint density at radius 2 is 1.86 bits per heavy atom. The maximum atomic E-state index is 13.8. The zero-order chi connectivity index (χ0) is 16.9. The van der Waals surface area contributed by atoms with Gasteiger partial charge in [-0.05, 0) is 18.9 Å². The number of ether oxygens (including phenoxy) is 1. The number of thioether (sulfide) groups is 1. The molecule has 0 bridgehead atoms. The monoisotopic (exact) mass is 331 g/mol. The van der Waals surface area contributed by atoms with Gasteiger partial charge in [0.15, 0.2) is 0 Å². The lowest BCUT2D eigenvalue weighted by atomic mass is 10.2. The summed E-state index contributed by atoms with van der Waals surface area (Å²) in [5, 5.41) is 1.62. The van der Waals surface area contributed by atoms with Gasteiger partial charge in [-0.1, -0.05) is 13.8 Å². The van der Waals surface area contributed by atoms with Crippen molar-refractivity contribution >= 4 is 29.3 Å². The summed E-state index contributed by atoms with van der Waals surface area (Å²) in [4.78, 5) is 22.8. The van der Waals surface area contributed by atoms with Crippen molar-refractivity contribution in [1.82, 2.24) is 0 Å². The maximum Gasteiger partial charge on any atom is 0.319 e. The van der Waals surface area contributed by atoms with Crippen LogP contribution < -0.4 is 5.32 Å². The van der Waals surface area contributed by atoms with Crippen LogP contribution in [0.2, 0.25) is 0 Å². The lowest BCUT2D eigenvalue weighted by molar-refractivity contribution is -0.143. The van der Waals surface area contributed by atoms with E-state index in [9.17, 15) is 18.4 Å². The van der Waals surface area contributed by atoms with Crippen LogP contribution in [0.5, 0.6) is 0 Å². The van der Waals surface area contributed by atoms with Crippen LogP contribution in [0.4, 0.5) is 14.5 Å². The number of hydrogen-bond acceptors (Lipinski definition) is 4. The van der Waals surface area contributed by atoms with Crippen molar-refractivity contribution in [3.63, 3.8) is 0 Å². The average Bonchev–Trinajstić information content (AvgIpc) is 2.40. The van der Waals surface area contributed by atoms with E-state index in [2.05, 4.69) is 5.32 Å². The van der Waals surface area contributed by atoms with E-state index < -0.39 is 28.8 Å². The van der Waals surface area contributed by atoms with Crippen molar-refractivity contribution < 1.29 is 23.1 Å². The van der Waals surface area contributed by atoms with Gasteiger partial charge in [-0.3, -0.25) is 9.59 Å². The Labute approximate surface area is 132 Å². The molecular formula is C15H19F2NO3S. The van der Waals surface area contributed by atoms with Crippen LogP contribution in [-0.2, 0) is 14.3 Å². The lowest BCUT2D eigenvalue weighted by Gasteiger charge is -2.14. The zero-order valence-corrected chi connectivity index (χ0v) is 13.7. The van der Waals surface area contributed by atoms with Crippen molar-refractivity contribution in [2.75, 3.05) is 11.9 Å². The topological polar surface area (TPSA) is 55.4 Å². The molecule has 1 aromatic rings. The number of rotatable bonds is 6. The Morgan fingerprint density at radius 3 is 2.41 bits per heavy atom. The molecule has 4 nitrogen and oxygen atoms in total. The SMILES string of the molecule is CC(=O)Nc1cc(SC(C)C(=O)OCC(C)C)c(F)cc1F. The molecule has 0 radical (unpaired) electrons. The third-order valence-corrected chi connectivity index (χ3v) is 3.64. The smallest absolute Gasteiger partial charge is 0.319 e. The number of carbonyl (C=O) groups excluding carboxylic acids is 2. The molecule has 0 aliphatic rings. The van der Waals surface area contributed by atoms with Crippen molar-refractivity contribution in [2.24, 2.45) is 5.92 Å². The minimum absolute atomic E-state index is 0.0687. The first-order valence-corrected chi connectivity index (χ1v) is 7.68. The van der Waals surface area contributed by atoms with Gasteiger partial charge in [0.2, 0.25) is 5.91 Å². The Bertz CT molecular complexity index is 564. The number of hydrogen-bond donors (Lipinski definition) is 1. The highest BCUT2D eigenvalue weighted by Crippen LogP contribution is 2.31. The number of nitrogens with one attached hydrogen (secondary N) is 1. The molecule has 1 N–H and O–H groups in total. The van der Waals surface area contributed by atoms with Crippen molar-refractivity contribution in [1.29, 1.82) is 0 Å². The summed E-state index contributed by atoms with van der Waals surface area (Å²) >= 11 is 0.912. The van der Waals surface area contributed by atoms with Gasteiger partial charge in [0.1, 0.15) is 16.9 Å². The number of esters is 1. The molecule has 1 unspecified atom stereocenters. The molecule has 7 heteroatoms. The first-order chi connectivity index (χ1) is 10.2. The van der Waals surface area contributed by atoms with Crippen LogP contribution in [0.3, 0.4) is 0 Å². The summed E-state index contributed by atoms with van der Waals surface area (Å²) in [5.41, 5.74) is -0.126. The van der Waals surface area contributed by atoms with E-state index in [-0.39, 0.29) is 23.1 Å². The molecule has 0 aromatic heterocycles. The fourth-order valence-corrected chi connectivity index (χ4v) is 2.41. The quantitative estimate of drug-likeness (QED) is 0.639. The standard InChI is InChI=1S/C15H19F2NO3S/c1-8(2)7-21-15(20)9(3)22-14-6-13(18-10(4)19)11(16)5-12(14)17/h5-6,8-9H,7H2,1-4H3,(H,18,19). The highest BCUT2D eigenvalue weighted by atomic mass is 32.2. The summed E-state index contributed by atoms with van der Waals surface area (Å²) in [5.74, 6) is -2.39. The van der Waals surface area contributed by atoms with Gasteiger partial charge in [-0.15, -0.1) is 11.8 Å². The third-order valence-electron chi connectivity index (χ3n) is 2.53. The largest absolute Gasteiger partial charge is 0.465 e. The minimum atomic E-state index is -0.868. The van der Waals surface area contributed by atoms with Gasteiger partial charge >= 0.3 is 5.97 Å². The predicted octanol–water partition coefficient (Wildman–Crippen LogP) is 3.60. The van der Waals surface area contributed by atoms with Gasteiger partial charge in [0, 0.05) is 17.9 Å². The minimum Gasteiger partial charge on any atom is -0.465 e. The zero-order valence-electron chi connectivity index (χ0n) is 12.9. The van der Waals surface area contributed by atoms with E-state index in [4.69, 9.17) is 4.74 Å². The molecule has 1 aromatic carbocycles. The molecule has 1 atom stereocenters. The first kappa shape index (κ1) is 18.4. The summed E-state index contributed by atoms with van der Waals surface area (Å²) in [7, 11) is 0. The van der Waals surface area contributed by atoms with E-state index in [1.165, 1.54) is 13.0 Å². The normalized spacial score (nSPS) is 12.1. The van der Waals surface area contributed by atoms with Crippen LogP contribution >= 0.6 is 11.8 Å². The van der Waals surface area contributed by atoms with Crippen LogP contribution in [0, 0.1) is 17.6 Å². The number of anilines is 1. The summed E-state index contributed by atoms with van der Waals surface area (Å²) < 4.78 is 32.4. The van der Waals surface area contributed by atoms with E-state index in [1.807, 2.05) is 13.8 Å². The molecule has 1 amide bonds. The second kappa shape index (κ2) is 8.12. The molecule has 0 aliphatic heterocycles. The van der Waals surface area contributed by atoms with E-state index in [0.717, 1.165) is 11.8 Å². The number of halogens is 2. The Morgan fingerprint density at radius 1 is 1.23 bits per heavy atom. The molecule has 22 heavy (non-hydrogen) atoms. The fourth-order valence-electron chi connectivity index (χ4n) is 1.51. The van der Waals surface area contributed by atoms with Crippen molar-refractivity contribution in [3.05, 3.63) is 23.8 Å². The molecule has 0 heterocycles. The van der Waals surface area contributed by atoms with Gasteiger partial charge in [0.05, 0.1) is 12.3 Å². The molecule has 1 rings (SSSR count).